The van der Waals surface area contributed by atoms with Gasteiger partial charge < -0.3 is 9.84 Å². The maximum atomic E-state index is 12.0. The third-order valence-electron chi connectivity index (χ3n) is 2.95. The summed E-state index contributed by atoms with van der Waals surface area (Å²) < 4.78 is 5.59. The minimum Gasteiger partial charge on any atom is -0.493 e. The van der Waals surface area contributed by atoms with E-state index < -0.39 is 0 Å². The third-order valence-corrected chi connectivity index (χ3v) is 2.95. The SMILES string of the molecule is O=C(/C=C/c1ccccc1OCCCO)c1ccccc1. The third kappa shape index (κ3) is 4.58. The molecular weight excluding hydrogens is 264 g/mol. The van der Waals surface area contributed by atoms with Crippen molar-refractivity contribution in [1.82, 2.24) is 0 Å². The Hall–Kier alpha value is -2.39. The zero-order chi connectivity index (χ0) is 14.9. The predicted octanol–water partition coefficient (Wildman–Crippen LogP) is 3.34. The highest BCUT2D eigenvalue weighted by Gasteiger charge is 2.02. The summed E-state index contributed by atoms with van der Waals surface area (Å²) >= 11 is 0. The average molecular weight is 282 g/mol. The molecule has 3 nitrogen and oxygen atoms in total. The number of rotatable bonds is 7. The van der Waals surface area contributed by atoms with Crippen molar-refractivity contribution < 1.29 is 14.6 Å². The second kappa shape index (κ2) is 8.02. The van der Waals surface area contributed by atoms with Crippen molar-refractivity contribution in [1.29, 1.82) is 0 Å². The Morgan fingerprint density at radius 1 is 1.05 bits per heavy atom. The van der Waals surface area contributed by atoms with Crippen LogP contribution in [0.25, 0.3) is 6.08 Å². The Kier molecular flexibility index (Phi) is 5.73. The van der Waals surface area contributed by atoms with Gasteiger partial charge in [-0.1, -0.05) is 48.5 Å². The number of carbonyl (C=O) groups excluding carboxylic acids is 1. The maximum Gasteiger partial charge on any atom is 0.185 e. The van der Waals surface area contributed by atoms with Crippen LogP contribution in [0.1, 0.15) is 22.3 Å². The standard InChI is InChI=1S/C18H18O3/c19-13-6-14-21-18-10-5-4-9-16(18)11-12-17(20)15-7-2-1-3-8-15/h1-5,7-12,19H,6,13-14H2/b12-11+. The zero-order valence-corrected chi connectivity index (χ0v) is 11.7. The molecule has 3 heteroatoms. The van der Waals surface area contributed by atoms with Gasteiger partial charge >= 0.3 is 0 Å². The fourth-order valence-electron chi connectivity index (χ4n) is 1.86. The lowest BCUT2D eigenvalue weighted by molar-refractivity contribution is 0.104. The first-order chi connectivity index (χ1) is 10.3. The highest BCUT2D eigenvalue weighted by Crippen LogP contribution is 2.20. The molecule has 0 aromatic heterocycles. The number of benzene rings is 2. The van der Waals surface area contributed by atoms with Crippen LogP contribution in [0, 0.1) is 0 Å². The van der Waals surface area contributed by atoms with Crippen LogP contribution in [0.4, 0.5) is 0 Å². The summed E-state index contributed by atoms with van der Waals surface area (Å²) in [5.41, 5.74) is 1.51. The lowest BCUT2D eigenvalue weighted by Gasteiger charge is -2.08. The molecule has 0 spiro atoms. The maximum absolute atomic E-state index is 12.0. The van der Waals surface area contributed by atoms with Crippen LogP contribution in [-0.4, -0.2) is 24.1 Å². The molecule has 0 unspecified atom stereocenters. The van der Waals surface area contributed by atoms with Crippen molar-refractivity contribution >= 4 is 11.9 Å². The van der Waals surface area contributed by atoms with Crippen molar-refractivity contribution in [3.05, 3.63) is 71.8 Å². The van der Waals surface area contributed by atoms with Gasteiger partial charge in [-0.05, 0) is 18.2 Å². The second-order valence-corrected chi connectivity index (χ2v) is 4.53. The van der Waals surface area contributed by atoms with Crippen LogP contribution in [-0.2, 0) is 0 Å². The Balaban J connectivity index is 2.08. The van der Waals surface area contributed by atoms with E-state index >= 15 is 0 Å². The number of ketones is 1. The number of allylic oxidation sites excluding steroid dienone is 1. The number of carbonyl (C=O) groups is 1. The van der Waals surface area contributed by atoms with E-state index in [9.17, 15) is 4.79 Å². The van der Waals surface area contributed by atoms with Gasteiger partial charge in [0.1, 0.15) is 5.75 Å². The van der Waals surface area contributed by atoms with Crippen LogP contribution in [0.15, 0.2) is 60.7 Å². The molecule has 0 atom stereocenters. The van der Waals surface area contributed by atoms with Gasteiger partial charge in [0.05, 0.1) is 6.61 Å². The van der Waals surface area contributed by atoms with Crippen molar-refractivity contribution in [2.75, 3.05) is 13.2 Å². The lowest BCUT2D eigenvalue weighted by atomic mass is 10.1. The highest BCUT2D eigenvalue weighted by atomic mass is 16.5. The smallest absolute Gasteiger partial charge is 0.185 e. The summed E-state index contributed by atoms with van der Waals surface area (Å²) in [6.07, 6.45) is 3.88. The topological polar surface area (TPSA) is 46.5 Å². The van der Waals surface area contributed by atoms with Crippen molar-refractivity contribution in [3.63, 3.8) is 0 Å². The molecule has 108 valence electrons. The summed E-state index contributed by atoms with van der Waals surface area (Å²) in [6, 6.07) is 16.7. The van der Waals surface area contributed by atoms with E-state index in [0.717, 1.165) is 5.56 Å². The first-order valence-electron chi connectivity index (χ1n) is 6.91. The van der Waals surface area contributed by atoms with E-state index in [0.29, 0.717) is 24.3 Å². The summed E-state index contributed by atoms with van der Waals surface area (Å²) in [7, 11) is 0. The first kappa shape index (κ1) is 15.0. The minimum atomic E-state index is -0.0410. The predicted molar refractivity (Wildman–Crippen MR) is 83.4 cm³/mol. The molecule has 0 saturated carbocycles. The van der Waals surface area contributed by atoms with Gasteiger partial charge in [0.25, 0.3) is 0 Å². The van der Waals surface area contributed by atoms with E-state index in [-0.39, 0.29) is 12.4 Å². The Morgan fingerprint density at radius 2 is 1.76 bits per heavy atom. The number of hydrogen-bond donors (Lipinski definition) is 1. The molecule has 0 saturated heterocycles. The molecule has 1 N–H and O–H groups in total. The van der Waals surface area contributed by atoms with Crippen molar-refractivity contribution in [2.45, 2.75) is 6.42 Å². The summed E-state index contributed by atoms with van der Waals surface area (Å²) in [5.74, 6) is 0.670. The Labute approximate surface area is 124 Å². The van der Waals surface area contributed by atoms with E-state index in [1.54, 1.807) is 24.3 Å². The molecule has 2 aromatic rings. The minimum absolute atomic E-state index is 0.0410. The molecular formula is C18H18O3. The van der Waals surface area contributed by atoms with Crippen LogP contribution < -0.4 is 4.74 Å². The molecule has 0 bridgehead atoms. The van der Waals surface area contributed by atoms with Gasteiger partial charge in [0.2, 0.25) is 0 Å². The fraction of sp³-hybridized carbons (Fsp3) is 0.167. The van der Waals surface area contributed by atoms with Gasteiger partial charge in [-0.25, -0.2) is 0 Å². The van der Waals surface area contributed by atoms with E-state index in [4.69, 9.17) is 9.84 Å². The van der Waals surface area contributed by atoms with Crippen LogP contribution >= 0.6 is 0 Å². The number of aliphatic hydroxyl groups is 1. The van der Waals surface area contributed by atoms with Crippen molar-refractivity contribution in [2.24, 2.45) is 0 Å². The molecule has 0 aliphatic carbocycles. The van der Waals surface area contributed by atoms with E-state index in [1.165, 1.54) is 0 Å². The van der Waals surface area contributed by atoms with E-state index in [1.807, 2.05) is 42.5 Å². The fourth-order valence-corrected chi connectivity index (χ4v) is 1.86. The Bertz CT molecular complexity index is 603. The second-order valence-electron chi connectivity index (χ2n) is 4.53. The molecule has 2 rings (SSSR count). The summed E-state index contributed by atoms with van der Waals surface area (Å²) in [5, 5.41) is 8.78. The average Bonchev–Trinajstić information content (AvgIpc) is 2.54. The molecule has 0 heterocycles. The van der Waals surface area contributed by atoms with Gasteiger partial charge in [-0.15, -0.1) is 0 Å². The number of ether oxygens (including phenoxy) is 1. The molecule has 21 heavy (non-hydrogen) atoms. The Morgan fingerprint density at radius 3 is 2.52 bits per heavy atom. The van der Waals surface area contributed by atoms with E-state index in [2.05, 4.69) is 0 Å². The number of para-hydroxylation sites is 1. The quantitative estimate of drug-likeness (QED) is 0.481. The van der Waals surface area contributed by atoms with Gasteiger partial charge in [0, 0.05) is 24.2 Å². The first-order valence-corrected chi connectivity index (χ1v) is 6.91. The number of aliphatic hydroxyl groups excluding tert-OH is 1. The summed E-state index contributed by atoms with van der Waals surface area (Å²) in [6.45, 7) is 0.554. The molecule has 0 fully saturated rings. The lowest BCUT2D eigenvalue weighted by Crippen LogP contribution is -2.01. The molecule has 0 aliphatic heterocycles. The highest BCUT2D eigenvalue weighted by molar-refractivity contribution is 6.06. The number of hydrogen-bond acceptors (Lipinski definition) is 3. The van der Waals surface area contributed by atoms with Gasteiger partial charge in [0.15, 0.2) is 5.78 Å². The zero-order valence-electron chi connectivity index (χ0n) is 11.7. The van der Waals surface area contributed by atoms with Crippen LogP contribution in [0.3, 0.4) is 0 Å². The van der Waals surface area contributed by atoms with Crippen molar-refractivity contribution in [3.8, 4) is 5.75 Å². The van der Waals surface area contributed by atoms with Gasteiger partial charge in [-0.2, -0.15) is 0 Å². The molecule has 0 radical (unpaired) electrons. The normalized spacial score (nSPS) is 10.7. The monoisotopic (exact) mass is 282 g/mol. The molecule has 0 amide bonds. The van der Waals surface area contributed by atoms with Crippen LogP contribution in [0.2, 0.25) is 0 Å². The largest absolute Gasteiger partial charge is 0.493 e. The summed E-state index contributed by atoms with van der Waals surface area (Å²) in [4.78, 5) is 12.0. The van der Waals surface area contributed by atoms with Gasteiger partial charge in [-0.3, -0.25) is 4.79 Å². The molecule has 0 aliphatic rings. The molecule has 2 aromatic carbocycles. The van der Waals surface area contributed by atoms with Crippen LogP contribution in [0.5, 0.6) is 5.75 Å².